The summed E-state index contributed by atoms with van der Waals surface area (Å²) in [7, 11) is 3.17. The fourth-order valence-electron chi connectivity index (χ4n) is 6.43. The molecule has 8 nitrogen and oxygen atoms in total. The predicted octanol–water partition coefficient (Wildman–Crippen LogP) is 4.52. The first-order valence-electron chi connectivity index (χ1n) is 14.5. The monoisotopic (exact) mass is 534 g/mol. The number of hydrogen-bond acceptors (Lipinski definition) is 6. The van der Waals surface area contributed by atoms with Gasteiger partial charge in [0.25, 0.3) is 11.8 Å². The number of rotatable bonds is 6. The molecule has 0 atom stereocenters. The standard InChI is InChI=1S/C31H42N4O4/c1-22-7-8-28(31(37)35-17-11-25(12-18-35)33-13-5-4-6-14-33)29(32-22)23-9-15-34(16-10-23)30(36)24-19-26(38-2)21-27(20-24)39-3/h7-8,19-21,23,25H,4-6,9-18H2,1-3H3. The first-order valence-corrected chi connectivity index (χ1v) is 14.5. The Hall–Kier alpha value is -3.13. The van der Waals surface area contributed by atoms with Crippen molar-refractivity contribution in [2.24, 2.45) is 0 Å². The van der Waals surface area contributed by atoms with Crippen molar-refractivity contribution in [2.45, 2.75) is 63.8 Å². The molecule has 3 aliphatic heterocycles. The molecule has 0 spiro atoms. The summed E-state index contributed by atoms with van der Waals surface area (Å²) in [6.07, 6.45) is 7.61. The van der Waals surface area contributed by atoms with Gasteiger partial charge in [-0.2, -0.15) is 0 Å². The molecule has 0 aliphatic carbocycles. The lowest BCUT2D eigenvalue weighted by atomic mass is 9.89. The Bertz CT molecular complexity index is 1140. The second kappa shape index (κ2) is 12.4. The molecule has 0 bridgehead atoms. The molecular weight excluding hydrogens is 492 g/mol. The van der Waals surface area contributed by atoms with E-state index in [0.717, 1.165) is 55.7 Å². The lowest BCUT2D eigenvalue weighted by Gasteiger charge is -2.40. The van der Waals surface area contributed by atoms with E-state index in [-0.39, 0.29) is 17.7 Å². The molecule has 210 valence electrons. The molecule has 3 fully saturated rings. The predicted molar refractivity (Wildman–Crippen MR) is 151 cm³/mol. The van der Waals surface area contributed by atoms with E-state index in [9.17, 15) is 9.59 Å². The number of ether oxygens (including phenoxy) is 2. The molecule has 4 heterocycles. The fourth-order valence-corrected chi connectivity index (χ4v) is 6.43. The van der Waals surface area contributed by atoms with Crippen LogP contribution in [0.4, 0.5) is 0 Å². The molecule has 0 saturated carbocycles. The van der Waals surface area contributed by atoms with E-state index in [0.29, 0.717) is 36.2 Å². The van der Waals surface area contributed by atoms with Gasteiger partial charge < -0.3 is 24.2 Å². The first-order chi connectivity index (χ1) is 19.0. The maximum Gasteiger partial charge on any atom is 0.255 e. The third-order valence-corrected chi connectivity index (χ3v) is 8.72. The van der Waals surface area contributed by atoms with E-state index in [1.54, 1.807) is 32.4 Å². The molecule has 8 heteroatoms. The zero-order chi connectivity index (χ0) is 27.4. The quantitative estimate of drug-likeness (QED) is 0.543. The summed E-state index contributed by atoms with van der Waals surface area (Å²) >= 11 is 0. The zero-order valence-electron chi connectivity index (χ0n) is 23.7. The van der Waals surface area contributed by atoms with Crippen molar-refractivity contribution in [2.75, 3.05) is 53.5 Å². The summed E-state index contributed by atoms with van der Waals surface area (Å²) in [5.41, 5.74) is 3.11. The lowest BCUT2D eigenvalue weighted by Crippen LogP contribution is -2.48. The second-order valence-corrected chi connectivity index (χ2v) is 11.2. The number of nitrogens with zero attached hydrogens (tertiary/aromatic N) is 4. The Morgan fingerprint density at radius 3 is 1.97 bits per heavy atom. The van der Waals surface area contributed by atoms with Gasteiger partial charge in [-0.25, -0.2) is 0 Å². The van der Waals surface area contributed by atoms with Crippen LogP contribution in [0.5, 0.6) is 11.5 Å². The minimum atomic E-state index is -0.0317. The molecule has 5 rings (SSSR count). The third kappa shape index (κ3) is 6.21. The van der Waals surface area contributed by atoms with Crippen molar-refractivity contribution < 1.29 is 19.1 Å². The Morgan fingerprint density at radius 1 is 0.769 bits per heavy atom. The highest BCUT2D eigenvalue weighted by molar-refractivity contribution is 5.96. The van der Waals surface area contributed by atoms with Crippen LogP contribution in [0.3, 0.4) is 0 Å². The number of methoxy groups -OCH3 is 2. The minimum absolute atomic E-state index is 0.0317. The molecule has 0 radical (unpaired) electrons. The molecule has 0 N–H and O–H groups in total. The van der Waals surface area contributed by atoms with Gasteiger partial charge in [-0.15, -0.1) is 0 Å². The number of amides is 2. The molecule has 0 unspecified atom stereocenters. The van der Waals surface area contributed by atoms with Crippen LogP contribution in [0.1, 0.15) is 83.0 Å². The summed E-state index contributed by atoms with van der Waals surface area (Å²) in [6, 6.07) is 9.80. The van der Waals surface area contributed by atoms with Crippen molar-refractivity contribution >= 4 is 11.8 Å². The average Bonchev–Trinajstić information content (AvgIpc) is 3.00. The van der Waals surface area contributed by atoms with Gasteiger partial charge in [0.15, 0.2) is 0 Å². The van der Waals surface area contributed by atoms with Crippen molar-refractivity contribution in [3.8, 4) is 11.5 Å². The maximum absolute atomic E-state index is 13.7. The Balaban J connectivity index is 1.24. The molecule has 3 aliphatic rings. The number of carbonyl (C=O) groups excluding carboxylic acids is 2. The highest BCUT2D eigenvalue weighted by atomic mass is 16.5. The van der Waals surface area contributed by atoms with Gasteiger partial charge in [-0.3, -0.25) is 14.6 Å². The molecular formula is C31H42N4O4. The summed E-state index contributed by atoms with van der Waals surface area (Å²) in [4.78, 5) is 38.4. The van der Waals surface area contributed by atoms with Crippen molar-refractivity contribution in [1.82, 2.24) is 19.7 Å². The van der Waals surface area contributed by atoms with Crippen LogP contribution in [0, 0.1) is 6.92 Å². The molecule has 1 aromatic carbocycles. The minimum Gasteiger partial charge on any atom is -0.497 e. The highest BCUT2D eigenvalue weighted by Gasteiger charge is 2.32. The Morgan fingerprint density at radius 2 is 1.36 bits per heavy atom. The van der Waals surface area contributed by atoms with E-state index >= 15 is 0 Å². The van der Waals surface area contributed by atoms with Crippen LogP contribution in [0.15, 0.2) is 30.3 Å². The molecule has 1 aromatic heterocycles. The normalized spacial score (nSPS) is 19.7. The van der Waals surface area contributed by atoms with Gasteiger partial charge in [0, 0.05) is 55.5 Å². The second-order valence-electron chi connectivity index (χ2n) is 11.2. The van der Waals surface area contributed by atoms with E-state index < -0.39 is 0 Å². The van der Waals surface area contributed by atoms with Gasteiger partial charge >= 0.3 is 0 Å². The topological polar surface area (TPSA) is 75.2 Å². The van der Waals surface area contributed by atoms with Crippen LogP contribution in [0.25, 0.3) is 0 Å². The Kier molecular flexibility index (Phi) is 8.70. The highest BCUT2D eigenvalue weighted by Crippen LogP contribution is 2.32. The number of hydrogen-bond donors (Lipinski definition) is 0. The van der Waals surface area contributed by atoms with E-state index in [4.69, 9.17) is 14.5 Å². The number of aromatic nitrogens is 1. The SMILES string of the molecule is COc1cc(OC)cc(C(=O)N2CCC(c3nc(C)ccc3C(=O)N3CCC(N4CCCCC4)CC3)CC2)c1. The average molecular weight is 535 g/mol. The fraction of sp³-hybridized carbons (Fsp3) is 0.581. The largest absolute Gasteiger partial charge is 0.497 e. The molecule has 39 heavy (non-hydrogen) atoms. The summed E-state index contributed by atoms with van der Waals surface area (Å²) in [5.74, 6) is 1.42. The lowest BCUT2D eigenvalue weighted by molar-refractivity contribution is 0.0585. The van der Waals surface area contributed by atoms with Crippen molar-refractivity contribution in [1.29, 1.82) is 0 Å². The van der Waals surface area contributed by atoms with Gasteiger partial charge in [-0.05, 0) is 82.8 Å². The maximum atomic E-state index is 13.7. The van der Waals surface area contributed by atoms with Gasteiger partial charge in [0.1, 0.15) is 11.5 Å². The number of benzene rings is 1. The molecule has 2 amide bonds. The number of carbonyl (C=O) groups is 2. The number of pyridine rings is 1. The van der Waals surface area contributed by atoms with Gasteiger partial charge in [0.05, 0.1) is 25.5 Å². The molecule has 3 saturated heterocycles. The summed E-state index contributed by atoms with van der Waals surface area (Å²) < 4.78 is 10.7. The zero-order valence-corrected chi connectivity index (χ0v) is 23.7. The number of aryl methyl sites for hydroxylation is 1. The summed E-state index contributed by atoms with van der Waals surface area (Å²) in [6.45, 7) is 7.25. The van der Waals surface area contributed by atoms with Crippen LogP contribution in [-0.2, 0) is 0 Å². The van der Waals surface area contributed by atoms with Crippen LogP contribution >= 0.6 is 0 Å². The summed E-state index contributed by atoms with van der Waals surface area (Å²) in [5, 5.41) is 0. The Labute approximate surface area is 232 Å². The van der Waals surface area contributed by atoms with Gasteiger partial charge in [0.2, 0.25) is 0 Å². The molecule has 2 aromatic rings. The number of likely N-dealkylation sites (tertiary alicyclic amines) is 3. The smallest absolute Gasteiger partial charge is 0.255 e. The van der Waals surface area contributed by atoms with E-state index in [2.05, 4.69) is 4.90 Å². The van der Waals surface area contributed by atoms with Crippen molar-refractivity contribution in [3.63, 3.8) is 0 Å². The first kappa shape index (κ1) is 27.4. The van der Waals surface area contributed by atoms with Crippen LogP contribution in [0.2, 0.25) is 0 Å². The number of piperidine rings is 3. The van der Waals surface area contributed by atoms with Crippen LogP contribution in [-0.4, -0.2) is 91.0 Å². The third-order valence-electron chi connectivity index (χ3n) is 8.72. The van der Waals surface area contributed by atoms with E-state index in [1.807, 2.05) is 28.9 Å². The van der Waals surface area contributed by atoms with Crippen LogP contribution < -0.4 is 9.47 Å². The van der Waals surface area contributed by atoms with Crippen molar-refractivity contribution in [3.05, 3.63) is 52.8 Å². The van der Waals surface area contributed by atoms with E-state index in [1.165, 1.54) is 32.4 Å². The van der Waals surface area contributed by atoms with Gasteiger partial charge in [-0.1, -0.05) is 6.42 Å².